The van der Waals surface area contributed by atoms with Crippen LogP contribution in [0.3, 0.4) is 0 Å². The normalized spacial score (nSPS) is 27.0. The molecule has 2 aliphatic rings. The predicted molar refractivity (Wildman–Crippen MR) is 101 cm³/mol. The van der Waals surface area contributed by atoms with Crippen LogP contribution in [0.25, 0.3) is 5.69 Å². The van der Waals surface area contributed by atoms with Crippen molar-refractivity contribution in [2.45, 2.75) is 59.9 Å². The van der Waals surface area contributed by atoms with Gasteiger partial charge in [-0.3, -0.25) is 4.79 Å². The van der Waals surface area contributed by atoms with Crippen LogP contribution in [0.5, 0.6) is 0 Å². The van der Waals surface area contributed by atoms with Crippen LogP contribution in [0, 0.1) is 24.7 Å². The molecule has 1 aliphatic heterocycles. The van der Waals surface area contributed by atoms with Gasteiger partial charge in [-0.1, -0.05) is 39.0 Å². The fourth-order valence-corrected chi connectivity index (χ4v) is 5.34. The molecule has 2 unspecified atom stereocenters. The van der Waals surface area contributed by atoms with Crippen molar-refractivity contribution >= 4 is 5.91 Å². The van der Waals surface area contributed by atoms with Crippen molar-refractivity contribution in [3.05, 3.63) is 41.5 Å². The first-order valence-corrected chi connectivity index (χ1v) is 9.48. The zero-order valence-electron chi connectivity index (χ0n) is 16.4. The number of amides is 1. The Morgan fingerprint density at radius 2 is 1.88 bits per heavy atom. The SMILES string of the molecule is Cc1ccccc1-n1nc(C(=O)N2CC3(C)CC2CC(C)(C)C3)nc1C. The summed E-state index contributed by atoms with van der Waals surface area (Å²) in [5.41, 5.74) is 2.60. The Bertz CT molecular complexity index is 869. The van der Waals surface area contributed by atoms with Gasteiger partial charge in [0.15, 0.2) is 0 Å². The van der Waals surface area contributed by atoms with Crippen LogP contribution in [0.1, 0.15) is 62.0 Å². The second-order valence-corrected chi connectivity index (χ2v) is 9.33. The largest absolute Gasteiger partial charge is 0.332 e. The van der Waals surface area contributed by atoms with Gasteiger partial charge in [0.2, 0.25) is 5.82 Å². The highest BCUT2D eigenvalue weighted by Crippen LogP contribution is 2.52. The highest BCUT2D eigenvalue weighted by atomic mass is 16.2. The first-order valence-electron chi connectivity index (χ1n) is 9.48. The molecule has 2 fully saturated rings. The van der Waals surface area contributed by atoms with Crippen LogP contribution in [0.2, 0.25) is 0 Å². The van der Waals surface area contributed by atoms with E-state index in [1.54, 1.807) is 4.68 Å². The number of aryl methyl sites for hydroxylation is 2. The van der Waals surface area contributed by atoms with Crippen molar-refractivity contribution < 1.29 is 4.79 Å². The summed E-state index contributed by atoms with van der Waals surface area (Å²) >= 11 is 0. The number of hydrogen-bond donors (Lipinski definition) is 0. The maximum Gasteiger partial charge on any atom is 0.293 e. The van der Waals surface area contributed by atoms with Gasteiger partial charge in [-0.15, -0.1) is 5.10 Å². The third kappa shape index (κ3) is 2.83. The van der Waals surface area contributed by atoms with Crippen LogP contribution in [-0.4, -0.2) is 38.2 Å². The van der Waals surface area contributed by atoms with E-state index in [1.165, 1.54) is 6.42 Å². The number of rotatable bonds is 2. The van der Waals surface area contributed by atoms with Crippen molar-refractivity contribution in [3.63, 3.8) is 0 Å². The Morgan fingerprint density at radius 3 is 2.62 bits per heavy atom. The molecule has 2 bridgehead atoms. The molecule has 2 heterocycles. The Labute approximate surface area is 155 Å². The number of carbonyl (C=O) groups excluding carboxylic acids is 1. The highest BCUT2D eigenvalue weighted by molar-refractivity contribution is 5.91. The van der Waals surface area contributed by atoms with E-state index < -0.39 is 0 Å². The second kappa shape index (κ2) is 5.66. The van der Waals surface area contributed by atoms with Crippen molar-refractivity contribution in [1.82, 2.24) is 19.7 Å². The van der Waals surface area contributed by atoms with Gasteiger partial charge < -0.3 is 4.90 Å². The lowest BCUT2D eigenvalue weighted by molar-refractivity contribution is 0.0696. The number of carbonyl (C=O) groups is 1. The summed E-state index contributed by atoms with van der Waals surface area (Å²) in [6, 6.07) is 8.35. The summed E-state index contributed by atoms with van der Waals surface area (Å²) in [6.45, 7) is 11.7. The Balaban J connectivity index is 1.64. The summed E-state index contributed by atoms with van der Waals surface area (Å²) in [6.07, 6.45) is 3.33. The van der Waals surface area contributed by atoms with E-state index in [-0.39, 0.29) is 16.7 Å². The third-order valence-electron chi connectivity index (χ3n) is 5.98. The molecule has 1 aliphatic carbocycles. The summed E-state index contributed by atoms with van der Waals surface area (Å²) in [5.74, 6) is 1.04. The summed E-state index contributed by atoms with van der Waals surface area (Å²) in [5, 5.41) is 4.57. The molecule has 26 heavy (non-hydrogen) atoms. The van der Waals surface area contributed by atoms with Crippen molar-refractivity contribution in [2.75, 3.05) is 6.54 Å². The van der Waals surface area contributed by atoms with Gasteiger partial charge in [0.1, 0.15) is 5.82 Å². The number of hydrogen-bond acceptors (Lipinski definition) is 3. The van der Waals surface area contributed by atoms with E-state index >= 15 is 0 Å². The average Bonchev–Trinajstić information content (AvgIpc) is 3.03. The lowest BCUT2D eigenvalue weighted by atomic mass is 9.65. The van der Waals surface area contributed by atoms with E-state index in [0.717, 1.165) is 36.5 Å². The van der Waals surface area contributed by atoms with Crippen molar-refractivity contribution in [1.29, 1.82) is 0 Å². The number of benzene rings is 1. The second-order valence-electron chi connectivity index (χ2n) is 9.33. The topological polar surface area (TPSA) is 51.0 Å². The lowest BCUT2D eigenvalue weighted by Crippen LogP contribution is -2.38. The molecule has 4 rings (SSSR count). The number of fused-ring (bicyclic) bond motifs is 2. The molecule has 0 spiro atoms. The minimum absolute atomic E-state index is 0.0214. The quantitative estimate of drug-likeness (QED) is 0.823. The average molecular weight is 352 g/mol. The lowest BCUT2D eigenvalue weighted by Gasteiger charge is -2.39. The monoisotopic (exact) mass is 352 g/mol. The van der Waals surface area contributed by atoms with E-state index in [9.17, 15) is 4.79 Å². The molecule has 1 saturated heterocycles. The van der Waals surface area contributed by atoms with Crippen molar-refractivity contribution in [2.24, 2.45) is 10.8 Å². The third-order valence-corrected chi connectivity index (χ3v) is 5.98. The summed E-state index contributed by atoms with van der Waals surface area (Å²) in [7, 11) is 0. The molecule has 2 aromatic rings. The van der Waals surface area contributed by atoms with Gasteiger partial charge in [0.05, 0.1) is 5.69 Å². The molecule has 1 aromatic heterocycles. The van der Waals surface area contributed by atoms with E-state index in [0.29, 0.717) is 11.9 Å². The van der Waals surface area contributed by atoms with Crippen LogP contribution < -0.4 is 0 Å². The molecular formula is C21H28N4O. The Morgan fingerprint density at radius 1 is 1.15 bits per heavy atom. The molecule has 2 atom stereocenters. The molecule has 5 nitrogen and oxygen atoms in total. The van der Waals surface area contributed by atoms with Gasteiger partial charge in [-0.05, 0) is 55.6 Å². The molecule has 138 valence electrons. The van der Waals surface area contributed by atoms with Gasteiger partial charge in [0.25, 0.3) is 5.91 Å². The number of likely N-dealkylation sites (tertiary alicyclic amines) is 1. The van der Waals surface area contributed by atoms with Crippen LogP contribution in [0.15, 0.2) is 24.3 Å². The van der Waals surface area contributed by atoms with Crippen LogP contribution in [0.4, 0.5) is 0 Å². The molecule has 1 aromatic carbocycles. The van der Waals surface area contributed by atoms with Gasteiger partial charge in [-0.2, -0.15) is 0 Å². The molecule has 0 radical (unpaired) electrons. The maximum atomic E-state index is 13.2. The fraction of sp³-hybridized carbons (Fsp3) is 0.571. The predicted octanol–water partition coefficient (Wildman–Crippen LogP) is 3.92. The zero-order chi connectivity index (χ0) is 18.7. The smallest absolute Gasteiger partial charge is 0.293 e. The minimum Gasteiger partial charge on any atom is -0.332 e. The highest BCUT2D eigenvalue weighted by Gasteiger charge is 2.51. The number of aromatic nitrogens is 3. The first-order chi connectivity index (χ1) is 12.2. The molecule has 1 saturated carbocycles. The fourth-order valence-electron chi connectivity index (χ4n) is 5.34. The zero-order valence-corrected chi connectivity index (χ0v) is 16.4. The molecule has 0 N–H and O–H groups in total. The Hall–Kier alpha value is -2.17. The standard InChI is InChI=1S/C21H28N4O/c1-14-8-6-7-9-17(14)25-15(2)22-18(23-25)19(26)24-13-21(5)11-16(24)10-20(3,4)12-21/h6-9,16H,10-13H2,1-5H3. The van der Waals surface area contributed by atoms with E-state index in [2.05, 4.69) is 30.9 Å². The number of para-hydroxylation sites is 1. The van der Waals surface area contributed by atoms with Crippen LogP contribution >= 0.6 is 0 Å². The van der Waals surface area contributed by atoms with E-state index in [4.69, 9.17) is 0 Å². The number of nitrogens with zero attached hydrogens (tertiary/aromatic N) is 4. The summed E-state index contributed by atoms with van der Waals surface area (Å²) < 4.78 is 1.79. The maximum absolute atomic E-state index is 13.2. The minimum atomic E-state index is -0.0214. The van der Waals surface area contributed by atoms with Gasteiger partial charge >= 0.3 is 0 Å². The molecular weight excluding hydrogens is 324 g/mol. The Kier molecular flexibility index (Phi) is 3.76. The first kappa shape index (κ1) is 17.3. The molecule has 1 amide bonds. The molecule has 5 heteroatoms. The summed E-state index contributed by atoms with van der Waals surface area (Å²) in [4.78, 5) is 19.8. The van der Waals surface area contributed by atoms with Crippen molar-refractivity contribution in [3.8, 4) is 5.69 Å². The van der Waals surface area contributed by atoms with Gasteiger partial charge in [-0.25, -0.2) is 9.67 Å². The van der Waals surface area contributed by atoms with E-state index in [1.807, 2.05) is 43.0 Å². The van der Waals surface area contributed by atoms with Gasteiger partial charge in [0, 0.05) is 12.6 Å². The van der Waals surface area contributed by atoms with Crippen LogP contribution in [-0.2, 0) is 0 Å².